The monoisotopic (exact) mass is 311 g/mol. The molecule has 0 atom stereocenters. The number of hydrogen-bond donors (Lipinski definition) is 1. The number of methoxy groups -OCH3 is 2. The maximum Gasteiger partial charge on any atom is 0.274 e. The lowest BCUT2D eigenvalue weighted by atomic mass is 10.2. The summed E-state index contributed by atoms with van der Waals surface area (Å²) in [6, 6.07) is 10.8. The SMILES string of the molecule is COc1ccc(NC(=O)c2c(C)nc3ccccn23)c(OC)c1. The van der Waals surface area contributed by atoms with Crippen molar-refractivity contribution >= 4 is 17.2 Å². The van der Waals surface area contributed by atoms with E-state index in [1.165, 1.54) is 0 Å². The van der Waals surface area contributed by atoms with Crippen molar-refractivity contribution in [2.45, 2.75) is 6.92 Å². The minimum Gasteiger partial charge on any atom is -0.497 e. The van der Waals surface area contributed by atoms with Crippen LogP contribution in [0.15, 0.2) is 42.6 Å². The summed E-state index contributed by atoms with van der Waals surface area (Å²) in [5.41, 5.74) is 2.47. The van der Waals surface area contributed by atoms with Crippen molar-refractivity contribution in [1.82, 2.24) is 9.38 Å². The zero-order valence-electron chi connectivity index (χ0n) is 13.2. The zero-order valence-corrected chi connectivity index (χ0v) is 13.2. The van der Waals surface area contributed by atoms with Crippen LogP contribution in [-0.4, -0.2) is 29.5 Å². The Labute approximate surface area is 133 Å². The van der Waals surface area contributed by atoms with E-state index in [-0.39, 0.29) is 5.91 Å². The van der Waals surface area contributed by atoms with Gasteiger partial charge >= 0.3 is 0 Å². The molecule has 0 spiro atoms. The summed E-state index contributed by atoms with van der Waals surface area (Å²) in [5, 5.41) is 2.87. The van der Waals surface area contributed by atoms with Gasteiger partial charge in [0.15, 0.2) is 0 Å². The van der Waals surface area contributed by atoms with Crippen LogP contribution in [-0.2, 0) is 0 Å². The normalized spacial score (nSPS) is 10.6. The predicted molar refractivity (Wildman–Crippen MR) is 87.4 cm³/mol. The molecule has 0 saturated carbocycles. The molecule has 2 aromatic heterocycles. The van der Waals surface area contributed by atoms with Crippen LogP contribution in [0, 0.1) is 6.92 Å². The van der Waals surface area contributed by atoms with Crippen LogP contribution in [0.4, 0.5) is 5.69 Å². The average molecular weight is 311 g/mol. The minimum atomic E-state index is -0.246. The summed E-state index contributed by atoms with van der Waals surface area (Å²) < 4.78 is 12.2. The first-order chi connectivity index (χ1) is 11.1. The third kappa shape index (κ3) is 2.70. The van der Waals surface area contributed by atoms with Crippen molar-refractivity contribution < 1.29 is 14.3 Å². The maximum atomic E-state index is 12.7. The van der Waals surface area contributed by atoms with Crippen LogP contribution in [0.5, 0.6) is 11.5 Å². The molecule has 1 N–H and O–H groups in total. The van der Waals surface area contributed by atoms with E-state index >= 15 is 0 Å². The highest BCUT2D eigenvalue weighted by molar-refractivity contribution is 6.05. The first-order valence-electron chi connectivity index (χ1n) is 7.11. The number of imidazole rings is 1. The van der Waals surface area contributed by atoms with Gasteiger partial charge in [0, 0.05) is 12.3 Å². The molecule has 1 aromatic carbocycles. The molecule has 23 heavy (non-hydrogen) atoms. The van der Waals surface area contributed by atoms with Crippen LogP contribution in [0.1, 0.15) is 16.2 Å². The van der Waals surface area contributed by atoms with E-state index < -0.39 is 0 Å². The number of nitrogens with zero attached hydrogens (tertiary/aromatic N) is 2. The van der Waals surface area contributed by atoms with Crippen LogP contribution >= 0.6 is 0 Å². The lowest BCUT2D eigenvalue weighted by Gasteiger charge is -2.11. The van der Waals surface area contributed by atoms with Gasteiger partial charge in [0.2, 0.25) is 0 Å². The molecule has 0 aliphatic carbocycles. The van der Waals surface area contributed by atoms with E-state index in [1.54, 1.807) is 36.8 Å². The number of aromatic nitrogens is 2. The standard InChI is InChI=1S/C17H17N3O3/c1-11-16(20-9-5-4-6-15(20)18-11)17(21)19-13-8-7-12(22-2)10-14(13)23-3/h4-10H,1-3H3,(H,19,21). The van der Waals surface area contributed by atoms with E-state index in [0.717, 1.165) is 5.65 Å². The molecule has 0 unspecified atom stereocenters. The Hall–Kier alpha value is -3.02. The van der Waals surface area contributed by atoms with Gasteiger partial charge in [-0.2, -0.15) is 0 Å². The Morgan fingerprint density at radius 1 is 1.17 bits per heavy atom. The highest BCUT2D eigenvalue weighted by Gasteiger charge is 2.18. The molecule has 0 bridgehead atoms. The molecule has 0 radical (unpaired) electrons. The van der Waals surface area contributed by atoms with Gasteiger partial charge in [0.1, 0.15) is 22.8 Å². The van der Waals surface area contributed by atoms with Gasteiger partial charge in [0.05, 0.1) is 25.6 Å². The molecule has 3 aromatic rings. The van der Waals surface area contributed by atoms with Gasteiger partial charge in [-0.1, -0.05) is 6.07 Å². The van der Waals surface area contributed by atoms with E-state index in [9.17, 15) is 4.79 Å². The largest absolute Gasteiger partial charge is 0.497 e. The second-order valence-electron chi connectivity index (χ2n) is 4.99. The molecule has 2 heterocycles. The van der Waals surface area contributed by atoms with E-state index in [0.29, 0.717) is 28.6 Å². The predicted octanol–water partition coefficient (Wildman–Crippen LogP) is 2.91. The van der Waals surface area contributed by atoms with E-state index in [1.807, 2.05) is 31.3 Å². The number of carbonyl (C=O) groups excluding carboxylic acids is 1. The number of ether oxygens (including phenoxy) is 2. The number of pyridine rings is 1. The fourth-order valence-corrected chi connectivity index (χ4v) is 2.47. The molecule has 118 valence electrons. The number of aryl methyl sites for hydroxylation is 1. The summed E-state index contributed by atoms with van der Waals surface area (Å²) in [6.45, 7) is 1.81. The summed E-state index contributed by atoms with van der Waals surface area (Å²) >= 11 is 0. The minimum absolute atomic E-state index is 0.246. The molecule has 1 amide bonds. The van der Waals surface area contributed by atoms with Crippen LogP contribution < -0.4 is 14.8 Å². The Kier molecular flexibility index (Phi) is 3.89. The fourth-order valence-electron chi connectivity index (χ4n) is 2.47. The molecular weight excluding hydrogens is 294 g/mol. The number of nitrogens with one attached hydrogen (secondary N) is 1. The number of benzene rings is 1. The molecule has 0 aliphatic heterocycles. The lowest BCUT2D eigenvalue weighted by Crippen LogP contribution is -2.16. The highest BCUT2D eigenvalue weighted by Crippen LogP contribution is 2.29. The first kappa shape index (κ1) is 14.9. The van der Waals surface area contributed by atoms with Crippen molar-refractivity contribution in [2.75, 3.05) is 19.5 Å². The van der Waals surface area contributed by atoms with E-state index in [2.05, 4.69) is 10.3 Å². The highest BCUT2D eigenvalue weighted by atomic mass is 16.5. The molecule has 3 rings (SSSR count). The molecule has 6 heteroatoms. The van der Waals surface area contributed by atoms with Crippen LogP contribution in [0.3, 0.4) is 0 Å². The smallest absolute Gasteiger partial charge is 0.274 e. The second-order valence-corrected chi connectivity index (χ2v) is 4.99. The van der Waals surface area contributed by atoms with Crippen molar-refractivity contribution in [1.29, 1.82) is 0 Å². The third-order valence-electron chi connectivity index (χ3n) is 3.58. The van der Waals surface area contributed by atoms with Gasteiger partial charge in [-0.15, -0.1) is 0 Å². The molecule has 0 fully saturated rings. The van der Waals surface area contributed by atoms with Crippen molar-refractivity contribution in [2.24, 2.45) is 0 Å². The number of rotatable bonds is 4. The molecule has 0 saturated heterocycles. The quantitative estimate of drug-likeness (QED) is 0.804. The van der Waals surface area contributed by atoms with Crippen LogP contribution in [0.2, 0.25) is 0 Å². The number of hydrogen-bond acceptors (Lipinski definition) is 4. The summed E-state index contributed by atoms with van der Waals surface area (Å²) in [4.78, 5) is 17.1. The summed E-state index contributed by atoms with van der Waals surface area (Å²) in [5.74, 6) is 0.944. The number of amides is 1. The Balaban J connectivity index is 1.97. The fraction of sp³-hybridized carbons (Fsp3) is 0.176. The van der Waals surface area contributed by atoms with Crippen molar-refractivity contribution in [3.05, 3.63) is 54.0 Å². The number of fused-ring (bicyclic) bond motifs is 1. The number of anilines is 1. The van der Waals surface area contributed by atoms with E-state index in [4.69, 9.17) is 9.47 Å². The van der Waals surface area contributed by atoms with Gasteiger partial charge in [-0.25, -0.2) is 4.98 Å². The lowest BCUT2D eigenvalue weighted by molar-refractivity contribution is 0.102. The maximum absolute atomic E-state index is 12.7. The Morgan fingerprint density at radius 3 is 2.74 bits per heavy atom. The Morgan fingerprint density at radius 2 is 2.00 bits per heavy atom. The molecule has 6 nitrogen and oxygen atoms in total. The Bertz CT molecular complexity index is 871. The van der Waals surface area contributed by atoms with Crippen LogP contribution in [0.25, 0.3) is 5.65 Å². The summed E-state index contributed by atoms with van der Waals surface area (Å²) in [6.07, 6.45) is 1.81. The van der Waals surface area contributed by atoms with Gasteiger partial charge in [-0.05, 0) is 31.2 Å². The second kappa shape index (κ2) is 6.00. The van der Waals surface area contributed by atoms with Crippen molar-refractivity contribution in [3.63, 3.8) is 0 Å². The van der Waals surface area contributed by atoms with Gasteiger partial charge in [-0.3, -0.25) is 9.20 Å². The van der Waals surface area contributed by atoms with Gasteiger partial charge in [0.25, 0.3) is 5.91 Å². The average Bonchev–Trinajstić information content (AvgIpc) is 2.90. The zero-order chi connectivity index (χ0) is 16.4. The van der Waals surface area contributed by atoms with Gasteiger partial charge < -0.3 is 14.8 Å². The topological polar surface area (TPSA) is 64.9 Å². The first-order valence-corrected chi connectivity index (χ1v) is 7.11. The third-order valence-corrected chi connectivity index (χ3v) is 3.58. The number of carbonyl (C=O) groups is 1. The molecule has 0 aliphatic rings. The molecular formula is C17H17N3O3. The summed E-state index contributed by atoms with van der Waals surface area (Å²) in [7, 11) is 3.12. The van der Waals surface area contributed by atoms with Crippen molar-refractivity contribution in [3.8, 4) is 11.5 Å².